The first-order chi connectivity index (χ1) is 9.60. The molecule has 0 atom stereocenters. The summed E-state index contributed by atoms with van der Waals surface area (Å²) in [5, 5.41) is 0.641. The predicted octanol–water partition coefficient (Wildman–Crippen LogP) is 3.71. The molecule has 0 aliphatic carbocycles. The van der Waals surface area contributed by atoms with Crippen molar-refractivity contribution in [2.45, 2.75) is 33.3 Å². The number of hydrogen-bond acceptors (Lipinski definition) is 3. The molecule has 2 N–H and O–H groups in total. The van der Waals surface area contributed by atoms with Gasteiger partial charge in [-0.1, -0.05) is 29.8 Å². The lowest BCUT2D eigenvalue weighted by molar-refractivity contribution is 0.0273. The second-order valence-corrected chi connectivity index (χ2v) is 5.72. The lowest BCUT2D eigenvalue weighted by Gasteiger charge is -2.24. The zero-order valence-electron chi connectivity index (χ0n) is 12.6. The molecule has 116 valence electrons. The maximum Gasteiger partial charge on any atom is 0.424 e. The molecule has 0 fully saturated rings. The molecule has 1 aromatic carbocycles. The molecule has 0 aromatic heterocycles. The van der Waals surface area contributed by atoms with Crippen LogP contribution < -0.4 is 5.84 Å². The molecule has 0 radical (unpaired) electrons. The van der Waals surface area contributed by atoms with Gasteiger partial charge in [-0.25, -0.2) is 15.6 Å². The van der Waals surface area contributed by atoms with Crippen LogP contribution >= 0.6 is 0 Å². The molecule has 0 saturated heterocycles. The fourth-order valence-corrected chi connectivity index (χ4v) is 1.65. The van der Waals surface area contributed by atoms with Gasteiger partial charge >= 0.3 is 6.09 Å². The number of nitrogens with zero attached hydrogens (tertiary/aromatic N) is 1. The number of carbonyl (C=O) groups excluding carboxylic acids is 1. The van der Waals surface area contributed by atoms with Gasteiger partial charge in [0.2, 0.25) is 0 Å². The normalized spacial score (nSPS) is 11.0. The van der Waals surface area contributed by atoms with E-state index in [1.165, 1.54) is 0 Å². The van der Waals surface area contributed by atoms with Crippen LogP contribution in [-0.2, 0) is 4.74 Å². The summed E-state index contributed by atoms with van der Waals surface area (Å²) in [7, 11) is 0. The number of amides is 1. The first-order valence-electron chi connectivity index (χ1n) is 6.46. The molecule has 21 heavy (non-hydrogen) atoms. The highest BCUT2D eigenvalue weighted by atomic mass is 19.3. The second-order valence-electron chi connectivity index (χ2n) is 5.72. The van der Waals surface area contributed by atoms with Crippen LogP contribution in [0, 0.1) is 6.92 Å². The lowest BCUT2D eigenvalue weighted by Crippen LogP contribution is -2.42. The van der Waals surface area contributed by atoms with Crippen molar-refractivity contribution in [1.82, 2.24) is 5.01 Å². The first kappa shape index (κ1) is 17.1. The Kier molecular flexibility index (Phi) is 5.43. The summed E-state index contributed by atoms with van der Waals surface area (Å²) in [6, 6.07) is 6.62. The zero-order valence-corrected chi connectivity index (χ0v) is 12.6. The number of hydrazine groups is 1. The van der Waals surface area contributed by atoms with Crippen LogP contribution in [-0.4, -0.2) is 23.2 Å². The topological polar surface area (TPSA) is 55.6 Å². The van der Waals surface area contributed by atoms with Gasteiger partial charge in [-0.05, 0) is 33.3 Å². The third-order valence-corrected chi connectivity index (χ3v) is 2.55. The minimum atomic E-state index is -1.88. The second kappa shape index (κ2) is 6.67. The van der Waals surface area contributed by atoms with Crippen molar-refractivity contribution in [3.05, 3.63) is 41.5 Å². The van der Waals surface area contributed by atoms with Gasteiger partial charge in [0.05, 0.1) is 6.54 Å². The molecule has 0 aliphatic rings. The Morgan fingerprint density at radius 1 is 1.33 bits per heavy atom. The summed E-state index contributed by atoms with van der Waals surface area (Å²) in [6.07, 6.45) is -2.73. The fourth-order valence-electron chi connectivity index (χ4n) is 1.65. The monoisotopic (exact) mass is 298 g/mol. The summed E-state index contributed by atoms with van der Waals surface area (Å²) in [5.41, 5.74) is 0.129. The molecule has 4 nitrogen and oxygen atoms in total. The molecule has 1 amide bonds. The minimum Gasteiger partial charge on any atom is -0.443 e. The van der Waals surface area contributed by atoms with E-state index in [2.05, 4.69) is 0 Å². The van der Waals surface area contributed by atoms with Gasteiger partial charge in [-0.15, -0.1) is 0 Å². The summed E-state index contributed by atoms with van der Waals surface area (Å²) in [5.74, 6) is 5.53. The summed E-state index contributed by atoms with van der Waals surface area (Å²) < 4.78 is 31.3. The van der Waals surface area contributed by atoms with Gasteiger partial charge in [0.25, 0.3) is 6.08 Å². The van der Waals surface area contributed by atoms with Gasteiger partial charge in [-0.2, -0.15) is 8.78 Å². The van der Waals surface area contributed by atoms with E-state index in [1.807, 2.05) is 0 Å². The van der Waals surface area contributed by atoms with Crippen LogP contribution in [0.3, 0.4) is 0 Å². The molecular weight excluding hydrogens is 278 g/mol. The number of carbonyl (C=O) groups is 1. The maximum atomic E-state index is 13.1. The summed E-state index contributed by atoms with van der Waals surface area (Å²) >= 11 is 0. The van der Waals surface area contributed by atoms with Crippen LogP contribution in [0.5, 0.6) is 0 Å². The van der Waals surface area contributed by atoms with E-state index in [4.69, 9.17) is 10.6 Å². The molecule has 6 heteroatoms. The molecule has 0 saturated carbocycles. The highest BCUT2D eigenvalue weighted by Gasteiger charge is 2.22. The van der Waals surface area contributed by atoms with E-state index in [-0.39, 0.29) is 5.57 Å². The van der Waals surface area contributed by atoms with Crippen molar-refractivity contribution in [2.75, 3.05) is 6.54 Å². The van der Waals surface area contributed by atoms with Gasteiger partial charge < -0.3 is 4.74 Å². The molecule has 0 aliphatic heterocycles. The highest BCUT2D eigenvalue weighted by Crippen LogP contribution is 2.23. The maximum absolute atomic E-state index is 13.1. The Balaban J connectivity index is 2.91. The first-order valence-corrected chi connectivity index (χ1v) is 6.46. The summed E-state index contributed by atoms with van der Waals surface area (Å²) in [6.45, 7) is 6.38. The van der Waals surface area contributed by atoms with Crippen molar-refractivity contribution >= 4 is 11.7 Å². The molecule has 1 rings (SSSR count). The SMILES string of the molecule is Cc1cccc(C(CN(N)C(=O)OC(C)(C)C)=C(F)F)c1. The number of hydrogen-bond donors (Lipinski definition) is 1. The van der Waals surface area contributed by atoms with E-state index >= 15 is 0 Å². The molecule has 0 heterocycles. The third kappa shape index (κ3) is 5.51. The summed E-state index contributed by atoms with van der Waals surface area (Å²) in [4.78, 5) is 11.7. The van der Waals surface area contributed by atoms with Crippen molar-refractivity contribution in [3.8, 4) is 0 Å². The Morgan fingerprint density at radius 3 is 2.43 bits per heavy atom. The number of nitrogens with two attached hydrogens (primary N) is 1. The van der Waals surface area contributed by atoms with E-state index < -0.39 is 24.3 Å². The van der Waals surface area contributed by atoms with Crippen LogP contribution in [0.4, 0.5) is 13.6 Å². The Labute approximate surface area is 123 Å². The quantitative estimate of drug-likeness (QED) is 0.526. The smallest absolute Gasteiger partial charge is 0.424 e. The van der Waals surface area contributed by atoms with E-state index in [1.54, 1.807) is 52.0 Å². The Morgan fingerprint density at radius 2 is 1.95 bits per heavy atom. The molecule has 1 aromatic rings. The van der Waals surface area contributed by atoms with Crippen molar-refractivity contribution in [2.24, 2.45) is 5.84 Å². The number of aryl methyl sites for hydroxylation is 1. The Hall–Kier alpha value is -1.95. The van der Waals surface area contributed by atoms with E-state index in [9.17, 15) is 13.6 Å². The fraction of sp³-hybridized carbons (Fsp3) is 0.400. The van der Waals surface area contributed by atoms with Crippen molar-refractivity contribution in [1.29, 1.82) is 0 Å². The number of ether oxygens (including phenoxy) is 1. The standard InChI is InChI=1S/C15H20F2N2O2/c1-10-6-5-7-11(8-10)12(13(16)17)9-19(18)14(20)21-15(2,3)4/h5-8H,9,18H2,1-4H3. The zero-order chi connectivity index (χ0) is 16.2. The largest absolute Gasteiger partial charge is 0.443 e. The molecule has 0 unspecified atom stereocenters. The van der Waals surface area contributed by atoms with Crippen molar-refractivity contribution < 1.29 is 18.3 Å². The van der Waals surface area contributed by atoms with Gasteiger partial charge in [0.15, 0.2) is 0 Å². The molecule has 0 spiro atoms. The highest BCUT2D eigenvalue weighted by molar-refractivity contribution is 5.74. The van der Waals surface area contributed by atoms with Gasteiger partial charge in [-0.3, -0.25) is 0 Å². The molecule has 0 bridgehead atoms. The third-order valence-electron chi connectivity index (χ3n) is 2.55. The van der Waals surface area contributed by atoms with Crippen LogP contribution in [0.1, 0.15) is 31.9 Å². The lowest BCUT2D eigenvalue weighted by atomic mass is 10.0. The average molecular weight is 298 g/mol. The number of halogens is 2. The van der Waals surface area contributed by atoms with E-state index in [0.717, 1.165) is 5.56 Å². The van der Waals surface area contributed by atoms with Gasteiger partial charge in [0.1, 0.15) is 5.60 Å². The van der Waals surface area contributed by atoms with Gasteiger partial charge in [0, 0.05) is 5.57 Å². The minimum absolute atomic E-state index is 0.299. The van der Waals surface area contributed by atoms with Crippen molar-refractivity contribution in [3.63, 3.8) is 0 Å². The van der Waals surface area contributed by atoms with Crippen LogP contribution in [0.15, 0.2) is 30.3 Å². The van der Waals surface area contributed by atoms with Crippen LogP contribution in [0.2, 0.25) is 0 Å². The average Bonchev–Trinajstić information content (AvgIpc) is 2.33. The molecular formula is C15H20F2N2O2. The van der Waals surface area contributed by atoms with Crippen LogP contribution in [0.25, 0.3) is 5.57 Å². The number of rotatable bonds is 3. The van der Waals surface area contributed by atoms with E-state index in [0.29, 0.717) is 10.6 Å². The Bertz CT molecular complexity index is 547. The number of benzene rings is 1. The predicted molar refractivity (Wildman–Crippen MR) is 77.4 cm³/mol.